The van der Waals surface area contributed by atoms with Crippen molar-refractivity contribution in [3.63, 3.8) is 0 Å². The van der Waals surface area contributed by atoms with Crippen LogP contribution >= 0.6 is 0 Å². The molecule has 5 rings (SSSR count). The van der Waals surface area contributed by atoms with Gasteiger partial charge in [0, 0.05) is 38.2 Å². The molecule has 0 spiro atoms. The lowest BCUT2D eigenvalue weighted by molar-refractivity contribution is 0.0498. The first kappa shape index (κ1) is 19.4. The Kier molecular flexibility index (Phi) is 5.18. The monoisotopic (exact) mass is 412 g/mol. The number of piperazine rings is 1. The summed E-state index contributed by atoms with van der Waals surface area (Å²) < 4.78 is 1.98. The fraction of sp³-hybridized carbons (Fsp3) is 0.250. The van der Waals surface area contributed by atoms with Gasteiger partial charge in [0.25, 0.3) is 5.91 Å². The van der Waals surface area contributed by atoms with Gasteiger partial charge in [0.05, 0.1) is 24.5 Å². The highest BCUT2D eigenvalue weighted by atomic mass is 16.2. The summed E-state index contributed by atoms with van der Waals surface area (Å²) >= 11 is 0. The summed E-state index contributed by atoms with van der Waals surface area (Å²) in [5.74, 6) is -0.00170. The minimum absolute atomic E-state index is 0.00170. The SMILES string of the molecule is CN1CCN(C(=O)c2cnc3c(c2)ncn3Cc2cccnc2)C(c2ccccc2)C1. The van der Waals surface area contributed by atoms with E-state index in [9.17, 15) is 4.79 Å². The lowest BCUT2D eigenvalue weighted by atomic mass is 10.0. The van der Waals surface area contributed by atoms with Crippen LogP contribution in [0.4, 0.5) is 0 Å². The van der Waals surface area contributed by atoms with Crippen molar-refractivity contribution in [3.8, 4) is 0 Å². The Bertz CT molecular complexity index is 1190. The number of rotatable bonds is 4. The molecule has 4 aromatic rings. The summed E-state index contributed by atoms with van der Waals surface area (Å²) in [6.07, 6.45) is 7.03. The molecular weight excluding hydrogens is 388 g/mol. The predicted octanol–water partition coefficient (Wildman–Crippen LogP) is 3.00. The van der Waals surface area contributed by atoms with E-state index in [1.165, 1.54) is 0 Å². The van der Waals surface area contributed by atoms with E-state index < -0.39 is 0 Å². The van der Waals surface area contributed by atoms with Crippen LogP contribution in [0.5, 0.6) is 0 Å². The molecule has 1 unspecified atom stereocenters. The van der Waals surface area contributed by atoms with Crippen LogP contribution in [-0.2, 0) is 6.54 Å². The number of imidazole rings is 1. The molecule has 3 aromatic heterocycles. The zero-order chi connectivity index (χ0) is 21.2. The third-order valence-electron chi connectivity index (χ3n) is 5.81. The predicted molar refractivity (Wildman–Crippen MR) is 119 cm³/mol. The fourth-order valence-corrected chi connectivity index (χ4v) is 4.16. The summed E-state index contributed by atoms with van der Waals surface area (Å²) in [5, 5.41) is 0. The van der Waals surface area contributed by atoms with Gasteiger partial charge in [-0.3, -0.25) is 9.78 Å². The van der Waals surface area contributed by atoms with Crippen molar-refractivity contribution in [2.45, 2.75) is 12.6 Å². The third kappa shape index (κ3) is 3.92. The molecule has 31 heavy (non-hydrogen) atoms. The van der Waals surface area contributed by atoms with Gasteiger partial charge in [0.2, 0.25) is 0 Å². The average Bonchev–Trinajstić information content (AvgIpc) is 3.22. The average molecular weight is 412 g/mol. The van der Waals surface area contributed by atoms with Gasteiger partial charge < -0.3 is 14.4 Å². The van der Waals surface area contributed by atoms with Gasteiger partial charge >= 0.3 is 0 Å². The van der Waals surface area contributed by atoms with Crippen molar-refractivity contribution in [2.75, 3.05) is 26.7 Å². The molecule has 1 aliphatic heterocycles. The highest BCUT2D eigenvalue weighted by Gasteiger charge is 2.31. The third-order valence-corrected chi connectivity index (χ3v) is 5.81. The Morgan fingerprint density at radius 1 is 1.06 bits per heavy atom. The molecule has 7 heteroatoms. The number of carbonyl (C=O) groups is 1. The summed E-state index contributed by atoms with van der Waals surface area (Å²) in [6.45, 7) is 2.98. The number of fused-ring (bicyclic) bond motifs is 1. The largest absolute Gasteiger partial charge is 0.329 e. The van der Waals surface area contributed by atoms with Crippen LogP contribution in [0.1, 0.15) is 27.5 Å². The summed E-state index contributed by atoms with van der Waals surface area (Å²) in [6, 6.07) is 16.0. The second-order valence-electron chi connectivity index (χ2n) is 7.99. The van der Waals surface area contributed by atoms with Gasteiger partial charge in [-0.2, -0.15) is 0 Å². The molecule has 1 amide bonds. The summed E-state index contributed by atoms with van der Waals surface area (Å²) in [7, 11) is 2.10. The van der Waals surface area contributed by atoms with Crippen LogP contribution in [0, 0.1) is 0 Å². The highest BCUT2D eigenvalue weighted by Crippen LogP contribution is 2.27. The smallest absolute Gasteiger partial charge is 0.256 e. The number of amides is 1. The molecule has 1 aliphatic rings. The van der Waals surface area contributed by atoms with Gasteiger partial charge in [-0.05, 0) is 30.3 Å². The number of hydrogen-bond acceptors (Lipinski definition) is 5. The number of likely N-dealkylation sites (N-methyl/N-ethyl adjacent to an activating group) is 1. The maximum absolute atomic E-state index is 13.5. The normalized spacial score (nSPS) is 17.2. The number of benzene rings is 1. The molecule has 156 valence electrons. The van der Waals surface area contributed by atoms with E-state index in [1.54, 1.807) is 18.7 Å². The quantitative estimate of drug-likeness (QED) is 0.516. The minimum atomic E-state index is -0.00170. The minimum Gasteiger partial charge on any atom is -0.329 e. The van der Waals surface area contributed by atoms with E-state index in [-0.39, 0.29) is 11.9 Å². The zero-order valence-corrected chi connectivity index (χ0v) is 17.4. The van der Waals surface area contributed by atoms with Gasteiger partial charge in [-0.15, -0.1) is 0 Å². The molecule has 1 saturated heterocycles. The molecule has 1 fully saturated rings. The zero-order valence-electron chi connectivity index (χ0n) is 17.4. The molecule has 4 heterocycles. The number of pyridine rings is 2. The van der Waals surface area contributed by atoms with Crippen molar-refractivity contribution in [1.82, 2.24) is 29.3 Å². The Morgan fingerprint density at radius 2 is 1.94 bits per heavy atom. The molecule has 0 bridgehead atoms. The molecule has 7 nitrogen and oxygen atoms in total. The van der Waals surface area contributed by atoms with E-state index in [0.29, 0.717) is 18.7 Å². The topological polar surface area (TPSA) is 67.2 Å². The van der Waals surface area contributed by atoms with E-state index in [1.807, 2.05) is 52.1 Å². The van der Waals surface area contributed by atoms with Crippen LogP contribution in [0.2, 0.25) is 0 Å². The van der Waals surface area contributed by atoms with Gasteiger partial charge in [-0.25, -0.2) is 9.97 Å². The van der Waals surface area contributed by atoms with Gasteiger partial charge in [-0.1, -0.05) is 36.4 Å². The first-order valence-electron chi connectivity index (χ1n) is 10.4. The van der Waals surface area contributed by atoms with Crippen LogP contribution < -0.4 is 0 Å². The molecule has 0 radical (unpaired) electrons. The van der Waals surface area contributed by atoms with Crippen molar-refractivity contribution >= 4 is 17.1 Å². The number of carbonyl (C=O) groups excluding carboxylic acids is 1. The molecule has 0 saturated carbocycles. The Labute approximate surface area is 181 Å². The lowest BCUT2D eigenvalue weighted by Gasteiger charge is -2.40. The Morgan fingerprint density at radius 3 is 2.74 bits per heavy atom. The molecule has 0 N–H and O–H groups in total. The molecular formula is C24H24N6O. The standard InChI is InChI=1S/C24H24N6O/c1-28-10-11-30(22(16-28)19-7-3-2-4-8-19)24(31)20-12-21-23(26-14-20)29(17-27-21)15-18-6-5-9-25-13-18/h2-9,12-14,17,22H,10-11,15-16H2,1H3. The second kappa shape index (κ2) is 8.28. The number of nitrogens with zero attached hydrogens (tertiary/aromatic N) is 6. The first-order chi connectivity index (χ1) is 15.2. The first-order valence-corrected chi connectivity index (χ1v) is 10.4. The fourth-order valence-electron chi connectivity index (χ4n) is 4.16. The summed E-state index contributed by atoms with van der Waals surface area (Å²) in [5.41, 5.74) is 4.28. The molecule has 1 atom stereocenters. The van der Waals surface area contributed by atoms with E-state index in [0.717, 1.165) is 35.4 Å². The lowest BCUT2D eigenvalue weighted by Crippen LogP contribution is -2.49. The second-order valence-corrected chi connectivity index (χ2v) is 7.99. The molecule has 0 aliphatic carbocycles. The van der Waals surface area contributed by atoms with Crippen LogP contribution in [0.25, 0.3) is 11.2 Å². The maximum atomic E-state index is 13.5. The maximum Gasteiger partial charge on any atom is 0.256 e. The van der Waals surface area contributed by atoms with Crippen LogP contribution in [-0.4, -0.2) is 61.9 Å². The highest BCUT2D eigenvalue weighted by molar-refractivity contribution is 5.96. The van der Waals surface area contributed by atoms with Crippen molar-refractivity contribution in [1.29, 1.82) is 0 Å². The Hall–Kier alpha value is -3.58. The number of hydrogen-bond donors (Lipinski definition) is 0. The Balaban J connectivity index is 1.42. The number of aromatic nitrogens is 4. The van der Waals surface area contributed by atoms with Gasteiger partial charge in [0.15, 0.2) is 5.65 Å². The molecule has 1 aromatic carbocycles. The van der Waals surface area contributed by atoms with Crippen molar-refractivity contribution in [2.24, 2.45) is 0 Å². The van der Waals surface area contributed by atoms with Crippen molar-refractivity contribution in [3.05, 3.63) is 90.1 Å². The van der Waals surface area contributed by atoms with E-state index in [4.69, 9.17) is 0 Å². The van der Waals surface area contributed by atoms with Crippen LogP contribution in [0.3, 0.4) is 0 Å². The van der Waals surface area contributed by atoms with Crippen LogP contribution in [0.15, 0.2) is 73.4 Å². The summed E-state index contributed by atoms with van der Waals surface area (Å²) in [4.78, 5) is 30.9. The van der Waals surface area contributed by atoms with E-state index in [2.05, 4.69) is 39.0 Å². The van der Waals surface area contributed by atoms with E-state index >= 15 is 0 Å². The van der Waals surface area contributed by atoms with Gasteiger partial charge in [0.1, 0.15) is 5.52 Å². The van der Waals surface area contributed by atoms with Crippen molar-refractivity contribution < 1.29 is 4.79 Å².